The number of hydrogen-bond donors (Lipinski definition) is 0. The number of benzene rings is 3. The fraction of sp³-hybridized carbons (Fsp3) is 0.118. The van der Waals surface area contributed by atoms with Crippen LogP contribution in [0.1, 0.15) is 26.3 Å². The van der Waals surface area contributed by atoms with Gasteiger partial charge < -0.3 is 9.55 Å². The van der Waals surface area contributed by atoms with Crippen molar-refractivity contribution in [2.45, 2.75) is 26.2 Å². The Labute approximate surface area is 242 Å². The minimum absolute atomic E-state index is 0. The number of nitrogens with zero attached hydrogens (tertiary/aromatic N) is 4. The van der Waals surface area contributed by atoms with Gasteiger partial charge in [0.05, 0.1) is 5.65 Å². The Kier molecular flexibility index (Phi) is 6.24. The van der Waals surface area contributed by atoms with Crippen molar-refractivity contribution in [3.63, 3.8) is 0 Å². The van der Waals surface area contributed by atoms with Crippen LogP contribution in [-0.2, 0) is 26.5 Å². The molecular weight excluding hydrogens is 659 g/mol. The van der Waals surface area contributed by atoms with Crippen LogP contribution in [0.15, 0.2) is 103 Å². The van der Waals surface area contributed by atoms with Gasteiger partial charge in [0.2, 0.25) is 0 Å². The molecule has 3 aromatic carbocycles. The summed E-state index contributed by atoms with van der Waals surface area (Å²) in [4.78, 5) is 14.7. The van der Waals surface area contributed by atoms with E-state index in [1.54, 1.807) is 6.20 Å². The monoisotopic (exact) mass is 685 g/mol. The van der Waals surface area contributed by atoms with Gasteiger partial charge in [-0.15, -0.1) is 24.3 Å². The molecule has 4 nitrogen and oxygen atoms in total. The maximum Gasteiger partial charge on any atom is 2.00 e. The molecule has 0 unspecified atom stereocenters. The first kappa shape index (κ1) is 25.3. The van der Waals surface area contributed by atoms with Gasteiger partial charge in [0.1, 0.15) is 0 Å². The van der Waals surface area contributed by atoms with Crippen LogP contribution in [0.3, 0.4) is 0 Å². The third-order valence-electron chi connectivity index (χ3n) is 7.18. The maximum absolute atomic E-state index is 5.23. The van der Waals surface area contributed by atoms with Crippen molar-refractivity contribution in [3.05, 3.63) is 115 Å². The van der Waals surface area contributed by atoms with E-state index in [-0.39, 0.29) is 26.5 Å². The zero-order chi connectivity index (χ0) is 25.9. The minimum atomic E-state index is 0. The van der Waals surface area contributed by atoms with Crippen LogP contribution in [0.2, 0.25) is 0 Å². The standard InChI is InChI=1S/C34H26N4.Pt/c1-34(2,3)25-14-17-31-27(21-25)26-15-16-30(23-11-8-10-22(19-23)28-12-6-7-18-35-28)37-33(26)38(31)32-20-24-9-4-5-13-29(24)36-32;/h4-18,20-21H,1-3H3;/q-2;+2. The average Bonchev–Trinajstić information content (AvgIpc) is 3.51. The predicted octanol–water partition coefficient (Wildman–Crippen LogP) is 8.11. The molecule has 0 saturated heterocycles. The molecule has 0 radical (unpaired) electrons. The number of aromatic nitrogens is 4. The number of rotatable bonds is 3. The Morgan fingerprint density at radius 1 is 0.744 bits per heavy atom. The third-order valence-corrected chi connectivity index (χ3v) is 7.18. The van der Waals surface area contributed by atoms with Crippen LogP contribution in [0.4, 0.5) is 0 Å². The second-order valence-electron chi connectivity index (χ2n) is 10.8. The van der Waals surface area contributed by atoms with Crippen molar-refractivity contribution >= 4 is 32.8 Å². The van der Waals surface area contributed by atoms with Crippen molar-refractivity contribution in [2.24, 2.45) is 0 Å². The Balaban J connectivity index is 0.00000277. The molecule has 0 fully saturated rings. The number of hydrogen-bond acceptors (Lipinski definition) is 2. The van der Waals surface area contributed by atoms with Crippen LogP contribution < -0.4 is 4.98 Å². The average molecular weight is 686 g/mol. The van der Waals surface area contributed by atoms with E-state index < -0.39 is 0 Å². The molecule has 4 aromatic heterocycles. The fourth-order valence-corrected chi connectivity index (χ4v) is 5.15. The van der Waals surface area contributed by atoms with Crippen LogP contribution >= 0.6 is 0 Å². The molecule has 7 rings (SSSR count). The normalized spacial score (nSPS) is 11.8. The molecule has 0 spiro atoms. The Morgan fingerprint density at radius 3 is 2.31 bits per heavy atom. The zero-order valence-corrected chi connectivity index (χ0v) is 24.2. The van der Waals surface area contributed by atoms with Gasteiger partial charge >= 0.3 is 21.1 Å². The van der Waals surface area contributed by atoms with E-state index in [4.69, 9.17) is 9.97 Å². The van der Waals surface area contributed by atoms with Crippen molar-refractivity contribution < 1.29 is 21.1 Å². The summed E-state index contributed by atoms with van der Waals surface area (Å²) >= 11 is 0. The van der Waals surface area contributed by atoms with E-state index in [0.717, 1.165) is 55.8 Å². The minimum Gasteiger partial charge on any atom is -0.435 e. The molecule has 4 heterocycles. The first-order valence-electron chi connectivity index (χ1n) is 12.9. The molecule has 0 aliphatic heterocycles. The molecule has 0 aliphatic rings. The zero-order valence-electron chi connectivity index (χ0n) is 21.9. The van der Waals surface area contributed by atoms with E-state index in [1.165, 1.54) is 10.9 Å². The van der Waals surface area contributed by atoms with Gasteiger partial charge in [-0.05, 0) is 38.9 Å². The van der Waals surface area contributed by atoms with Gasteiger partial charge in [-0.3, -0.25) is 9.97 Å². The fourth-order valence-electron chi connectivity index (χ4n) is 5.15. The van der Waals surface area contributed by atoms with E-state index in [0.29, 0.717) is 0 Å². The summed E-state index contributed by atoms with van der Waals surface area (Å²) in [6.45, 7) is 6.75. The Bertz CT molecular complexity index is 1930. The van der Waals surface area contributed by atoms with Crippen molar-refractivity contribution in [3.8, 4) is 28.3 Å². The molecule has 0 saturated carbocycles. The first-order chi connectivity index (χ1) is 18.5. The topological polar surface area (TPSA) is 44.8 Å². The largest absolute Gasteiger partial charge is 2.00 e. The van der Waals surface area contributed by atoms with Gasteiger partial charge in [0, 0.05) is 23.0 Å². The predicted molar refractivity (Wildman–Crippen MR) is 156 cm³/mol. The summed E-state index contributed by atoms with van der Waals surface area (Å²) in [6, 6.07) is 37.0. The second-order valence-corrected chi connectivity index (χ2v) is 10.8. The summed E-state index contributed by atoms with van der Waals surface area (Å²) in [6.07, 6.45) is 1.81. The van der Waals surface area contributed by atoms with Gasteiger partial charge in [-0.25, -0.2) is 0 Å². The van der Waals surface area contributed by atoms with E-state index >= 15 is 0 Å². The Morgan fingerprint density at radius 2 is 1.54 bits per heavy atom. The molecule has 0 amide bonds. The van der Waals surface area contributed by atoms with Crippen molar-refractivity contribution in [1.82, 2.24) is 19.5 Å². The molecule has 5 heteroatoms. The van der Waals surface area contributed by atoms with Crippen LogP contribution in [0.5, 0.6) is 0 Å². The molecular formula is C34H26N4Pt. The number of para-hydroxylation sites is 1. The summed E-state index contributed by atoms with van der Waals surface area (Å²) in [5.74, 6) is 0.880. The first-order valence-corrected chi connectivity index (χ1v) is 12.9. The third kappa shape index (κ3) is 4.39. The quantitative estimate of drug-likeness (QED) is 0.177. The van der Waals surface area contributed by atoms with Crippen molar-refractivity contribution in [2.75, 3.05) is 0 Å². The molecule has 7 aromatic rings. The van der Waals surface area contributed by atoms with Gasteiger partial charge in [-0.2, -0.15) is 0 Å². The SMILES string of the molecule is CC(C)(C)c1ccc2c(c1)c1ccc(-c3[c-]c(-c4ccccn4)ccc3)nc1n2-c1cc2ccccc2[n-]1.[Pt+2]. The van der Waals surface area contributed by atoms with Gasteiger partial charge in [-0.1, -0.05) is 111 Å². The van der Waals surface area contributed by atoms with Crippen molar-refractivity contribution in [1.29, 1.82) is 0 Å². The summed E-state index contributed by atoms with van der Waals surface area (Å²) in [5.41, 5.74) is 7.96. The number of fused-ring (bicyclic) bond motifs is 4. The second kappa shape index (κ2) is 9.63. The molecule has 0 atom stereocenters. The van der Waals surface area contributed by atoms with Crippen LogP contribution in [0, 0.1) is 6.07 Å². The van der Waals surface area contributed by atoms with Crippen LogP contribution in [-0.4, -0.2) is 14.5 Å². The molecule has 39 heavy (non-hydrogen) atoms. The molecule has 0 N–H and O–H groups in total. The number of pyridine rings is 2. The molecule has 0 bridgehead atoms. The molecule has 0 aliphatic carbocycles. The van der Waals surface area contributed by atoms with E-state index in [9.17, 15) is 0 Å². The van der Waals surface area contributed by atoms with Gasteiger partial charge in [0.25, 0.3) is 0 Å². The van der Waals surface area contributed by atoms with E-state index in [2.05, 4.69) is 97.1 Å². The summed E-state index contributed by atoms with van der Waals surface area (Å²) < 4.78 is 2.20. The molecule has 192 valence electrons. The Hall–Kier alpha value is -4.01. The van der Waals surface area contributed by atoms with Crippen LogP contribution in [0.25, 0.3) is 61.2 Å². The van der Waals surface area contributed by atoms with Gasteiger partial charge in [0.15, 0.2) is 0 Å². The van der Waals surface area contributed by atoms with E-state index in [1.807, 2.05) is 36.4 Å². The smallest absolute Gasteiger partial charge is 0.435 e. The summed E-state index contributed by atoms with van der Waals surface area (Å²) in [7, 11) is 0. The summed E-state index contributed by atoms with van der Waals surface area (Å²) in [5, 5.41) is 3.42. The maximum atomic E-state index is 5.23.